The molecular weight excluding hydrogens is 370 g/mol. The van der Waals surface area contributed by atoms with Crippen LogP contribution >= 0.6 is 0 Å². The van der Waals surface area contributed by atoms with E-state index in [-0.39, 0.29) is 16.7 Å². The van der Waals surface area contributed by atoms with Crippen molar-refractivity contribution in [2.45, 2.75) is 98.8 Å². The Balaban J connectivity index is 1.63. The summed E-state index contributed by atoms with van der Waals surface area (Å²) in [6, 6.07) is 0. The SMILES string of the molecule is CCCCCCCNCC1CC2(C)C(=CCC3C(C)C(C)(C(C)=O)CCC32)CC1=O. The number of unbranched alkanes of at least 4 members (excludes halogenated alkanes) is 4. The fourth-order valence-electron chi connectivity index (χ4n) is 6.95. The van der Waals surface area contributed by atoms with E-state index < -0.39 is 0 Å². The van der Waals surface area contributed by atoms with Gasteiger partial charge in [0.05, 0.1) is 0 Å². The maximum absolute atomic E-state index is 12.9. The lowest BCUT2D eigenvalue weighted by atomic mass is 9.46. The predicted molar refractivity (Wildman–Crippen MR) is 124 cm³/mol. The maximum atomic E-state index is 12.9. The van der Waals surface area contributed by atoms with Crippen molar-refractivity contribution in [2.75, 3.05) is 13.1 Å². The largest absolute Gasteiger partial charge is 0.316 e. The zero-order chi connectivity index (χ0) is 21.9. The summed E-state index contributed by atoms with van der Waals surface area (Å²) in [5.41, 5.74) is 1.37. The number of Topliss-reactive ketones (excluding diaryl/α,β-unsaturated/α-hetero) is 2. The van der Waals surface area contributed by atoms with Crippen LogP contribution in [0.1, 0.15) is 98.8 Å². The average molecular weight is 416 g/mol. The second kappa shape index (κ2) is 9.67. The van der Waals surface area contributed by atoms with Crippen LogP contribution in [-0.2, 0) is 9.59 Å². The Bertz CT molecular complexity index is 668. The van der Waals surface area contributed by atoms with Crippen molar-refractivity contribution < 1.29 is 9.59 Å². The highest BCUT2D eigenvalue weighted by molar-refractivity contribution is 5.85. The number of allylic oxidation sites excluding steroid dienone is 2. The topological polar surface area (TPSA) is 46.2 Å². The molecule has 0 aliphatic heterocycles. The molecule has 3 aliphatic rings. The van der Waals surface area contributed by atoms with Gasteiger partial charge in [-0.15, -0.1) is 0 Å². The number of fused-ring (bicyclic) bond motifs is 3. The van der Waals surface area contributed by atoms with Gasteiger partial charge >= 0.3 is 0 Å². The number of carbonyl (C=O) groups is 2. The third-order valence-electron chi connectivity index (χ3n) is 9.47. The molecule has 0 aromatic carbocycles. The highest BCUT2D eigenvalue weighted by Gasteiger charge is 2.55. The molecule has 0 saturated heterocycles. The summed E-state index contributed by atoms with van der Waals surface area (Å²) in [7, 11) is 0. The van der Waals surface area contributed by atoms with Crippen LogP contribution in [-0.4, -0.2) is 24.7 Å². The van der Waals surface area contributed by atoms with Gasteiger partial charge in [0, 0.05) is 24.3 Å². The smallest absolute Gasteiger partial charge is 0.141 e. The van der Waals surface area contributed by atoms with Gasteiger partial charge < -0.3 is 5.32 Å². The first-order valence-electron chi connectivity index (χ1n) is 12.7. The van der Waals surface area contributed by atoms with Gasteiger partial charge in [-0.1, -0.05) is 65.0 Å². The highest BCUT2D eigenvalue weighted by Crippen LogP contribution is 2.61. The van der Waals surface area contributed by atoms with Gasteiger partial charge in [0.1, 0.15) is 11.6 Å². The van der Waals surface area contributed by atoms with Crippen LogP contribution in [0.3, 0.4) is 0 Å². The van der Waals surface area contributed by atoms with Crippen LogP contribution < -0.4 is 5.32 Å². The van der Waals surface area contributed by atoms with Crippen LogP contribution in [0.15, 0.2) is 11.6 Å². The molecule has 6 atom stereocenters. The lowest BCUT2D eigenvalue weighted by Crippen LogP contribution is -2.53. The van der Waals surface area contributed by atoms with Gasteiger partial charge in [0.25, 0.3) is 0 Å². The quantitative estimate of drug-likeness (QED) is 0.364. The molecule has 2 saturated carbocycles. The van der Waals surface area contributed by atoms with Crippen molar-refractivity contribution in [1.29, 1.82) is 0 Å². The molecule has 2 fully saturated rings. The first kappa shape index (κ1) is 23.7. The second-order valence-corrected chi connectivity index (χ2v) is 11.1. The summed E-state index contributed by atoms with van der Waals surface area (Å²) in [5.74, 6) is 2.55. The van der Waals surface area contributed by atoms with E-state index in [1.165, 1.54) is 37.7 Å². The van der Waals surface area contributed by atoms with E-state index in [0.29, 0.717) is 35.7 Å². The maximum Gasteiger partial charge on any atom is 0.141 e. The van der Waals surface area contributed by atoms with Crippen LogP contribution in [0.5, 0.6) is 0 Å². The number of nitrogens with one attached hydrogen (secondary N) is 1. The van der Waals surface area contributed by atoms with E-state index in [1.807, 2.05) is 0 Å². The van der Waals surface area contributed by atoms with E-state index in [9.17, 15) is 9.59 Å². The lowest BCUT2D eigenvalue weighted by Gasteiger charge is -2.57. The fraction of sp³-hybridized carbons (Fsp3) is 0.852. The van der Waals surface area contributed by atoms with Crippen LogP contribution in [0.4, 0.5) is 0 Å². The molecule has 6 unspecified atom stereocenters. The molecule has 0 amide bonds. The molecule has 0 aromatic rings. The lowest BCUT2D eigenvalue weighted by molar-refractivity contribution is -0.137. The van der Waals surface area contributed by atoms with Crippen LogP contribution in [0.2, 0.25) is 0 Å². The van der Waals surface area contributed by atoms with Gasteiger partial charge in [-0.3, -0.25) is 9.59 Å². The van der Waals surface area contributed by atoms with Crippen molar-refractivity contribution in [3.8, 4) is 0 Å². The van der Waals surface area contributed by atoms with Crippen LogP contribution in [0.25, 0.3) is 0 Å². The Kier molecular flexibility index (Phi) is 7.64. The highest BCUT2D eigenvalue weighted by atomic mass is 16.1. The zero-order valence-corrected chi connectivity index (χ0v) is 20.2. The molecule has 0 heterocycles. The van der Waals surface area contributed by atoms with Gasteiger partial charge in [-0.25, -0.2) is 0 Å². The van der Waals surface area contributed by atoms with Crippen molar-refractivity contribution in [3.63, 3.8) is 0 Å². The summed E-state index contributed by atoms with van der Waals surface area (Å²) in [5, 5.41) is 3.60. The normalized spacial score (nSPS) is 38.6. The Hall–Kier alpha value is -0.960. The molecule has 0 bridgehead atoms. The number of hydrogen-bond donors (Lipinski definition) is 1. The molecule has 3 heteroatoms. The molecule has 30 heavy (non-hydrogen) atoms. The van der Waals surface area contributed by atoms with Gasteiger partial charge in [0.15, 0.2) is 0 Å². The first-order chi connectivity index (χ1) is 14.2. The molecule has 3 rings (SSSR count). The summed E-state index contributed by atoms with van der Waals surface area (Å²) < 4.78 is 0. The molecule has 0 radical (unpaired) electrons. The van der Waals surface area contributed by atoms with E-state index in [2.05, 4.69) is 39.1 Å². The third-order valence-corrected chi connectivity index (χ3v) is 9.47. The Labute approximate surface area is 184 Å². The van der Waals surface area contributed by atoms with Crippen molar-refractivity contribution in [2.24, 2.45) is 34.5 Å². The summed E-state index contributed by atoms with van der Waals surface area (Å²) in [4.78, 5) is 25.3. The Morgan fingerprint density at radius 1 is 1.20 bits per heavy atom. The van der Waals surface area contributed by atoms with E-state index in [0.717, 1.165) is 38.8 Å². The monoisotopic (exact) mass is 415 g/mol. The molecule has 0 spiro atoms. The molecular formula is C27H45NO2. The Morgan fingerprint density at radius 3 is 2.63 bits per heavy atom. The summed E-state index contributed by atoms with van der Waals surface area (Å²) in [6.45, 7) is 12.8. The molecule has 1 N–H and O–H groups in total. The van der Waals surface area contributed by atoms with Crippen LogP contribution in [0, 0.1) is 34.5 Å². The number of hydrogen-bond acceptors (Lipinski definition) is 3. The number of ketones is 2. The molecule has 3 aliphatic carbocycles. The number of carbonyl (C=O) groups excluding carboxylic acids is 2. The van der Waals surface area contributed by atoms with Gasteiger partial charge in [0.2, 0.25) is 0 Å². The minimum absolute atomic E-state index is 0.136. The average Bonchev–Trinajstić information content (AvgIpc) is 2.70. The van der Waals surface area contributed by atoms with E-state index >= 15 is 0 Å². The second-order valence-electron chi connectivity index (χ2n) is 11.1. The minimum atomic E-state index is -0.175. The van der Waals surface area contributed by atoms with Gasteiger partial charge in [-0.05, 0) is 68.7 Å². The summed E-state index contributed by atoms with van der Waals surface area (Å²) in [6.07, 6.45) is 13.7. The third kappa shape index (κ3) is 4.47. The first-order valence-corrected chi connectivity index (χ1v) is 12.7. The van der Waals surface area contributed by atoms with E-state index in [1.54, 1.807) is 6.92 Å². The van der Waals surface area contributed by atoms with Crippen molar-refractivity contribution >= 4 is 11.6 Å². The minimum Gasteiger partial charge on any atom is -0.316 e. The van der Waals surface area contributed by atoms with Crippen molar-refractivity contribution in [1.82, 2.24) is 5.32 Å². The molecule has 170 valence electrons. The fourth-order valence-corrected chi connectivity index (χ4v) is 6.95. The predicted octanol–water partition coefficient (Wildman–Crippen LogP) is 6.12. The number of rotatable bonds is 9. The van der Waals surface area contributed by atoms with E-state index in [4.69, 9.17) is 0 Å². The zero-order valence-electron chi connectivity index (χ0n) is 20.2. The standard InChI is InChI=1S/C27H45NO2/c1-6-7-8-9-10-15-28-18-21-17-27(5)22(16-25(21)30)11-12-23-19(2)26(4,20(3)29)14-13-24(23)27/h11,19,21,23-24,28H,6-10,12-18H2,1-5H3. The summed E-state index contributed by atoms with van der Waals surface area (Å²) >= 11 is 0. The molecule has 3 nitrogen and oxygen atoms in total. The Morgan fingerprint density at radius 2 is 1.93 bits per heavy atom. The van der Waals surface area contributed by atoms with Crippen molar-refractivity contribution in [3.05, 3.63) is 11.6 Å². The van der Waals surface area contributed by atoms with Gasteiger partial charge in [-0.2, -0.15) is 0 Å². The molecule has 0 aromatic heterocycles.